The number of aromatic nitrogens is 3. The van der Waals surface area contributed by atoms with E-state index in [2.05, 4.69) is 10.3 Å². The summed E-state index contributed by atoms with van der Waals surface area (Å²) in [4.78, 5) is 13.8. The molecule has 0 radical (unpaired) electrons. The molecule has 6 heteroatoms. The van der Waals surface area contributed by atoms with Crippen LogP contribution in [0.5, 0.6) is 0 Å². The molecule has 1 aliphatic rings. The van der Waals surface area contributed by atoms with Gasteiger partial charge in [-0.25, -0.2) is 4.68 Å². The van der Waals surface area contributed by atoms with Crippen LogP contribution in [-0.4, -0.2) is 38.9 Å². The second-order valence-corrected chi connectivity index (χ2v) is 4.05. The molecular formula is C11H12N4O2. The lowest BCUT2D eigenvalue weighted by atomic mass is 10.3. The summed E-state index contributed by atoms with van der Waals surface area (Å²) < 4.78 is 6.91. The molecule has 1 saturated heterocycles. The standard InChI is InChI=1S/C11H12N4O2/c16-11(10-2-1-7-17-10)14-5-3-9(8-14)15-6-4-12-13-15/h1-2,4,6-7,9H,3,5,8H2/t9-/m0/s1. The van der Waals surface area contributed by atoms with Gasteiger partial charge < -0.3 is 9.32 Å². The minimum atomic E-state index is -0.0578. The molecule has 88 valence electrons. The van der Waals surface area contributed by atoms with E-state index in [9.17, 15) is 4.79 Å². The molecule has 6 nitrogen and oxygen atoms in total. The van der Waals surface area contributed by atoms with Crippen LogP contribution in [0.4, 0.5) is 0 Å². The fourth-order valence-electron chi connectivity index (χ4n) is 2.11. The number of hydrogen-bond acceptors (Lipinski definition) is 4. The maximum atomic E-state index is 12.0. The molecule has 0 N–H and O–H groups in total. The van der Waals surface area contributed by atoms with E-state index in [0.717, 1.165) is 13.0 Å². The first-order valence-corrected chi connectivity index (χ1v) is 5.53. The van der Waals surface area contributed by atoms with E-state index in [1.807, 2.05) is 6.20 Å². The van der Waals surface area contributed by atoms with Crippen molar-refractivity contribution in [2.24, 2.45) is 0 Å². The van der Waals surface area contributed by atoms with Gasteiger partial charge in [-0.3, -0.25) is 4.79 Å². The van der Waals surface area contributed by atoms with E-state index >= 15 is 0 Å². The van der Waals surface area contributed by atoms with E-state index < -0.39 is 0 Å². The Labute approximate surface area is 97.8 Å². The highest BCUT2D eigenvalue weighted by atomic mass is 16.3. The Kier molecular flexibility index (Phi) is 2.40. The van der Waals surface area contributed by atoms with Gasteiger partial charge in [0.1, 0.15) is 0 Å². The predicted octanol–water partition coefficient (Wildman–Crippen LogP) is 0.958. The van der Waals surface area contributed by atoms with Crippen molar-refractivity contribution in [3.8, 4) is 0 Å². The SMILES string of the molecule is O=C(c1ccco1)N1CC[C@H](n2ccnn2)C1. The van der Waals surface area contributed by atoms with Crippen LogP contribution in [0, 0.1) is 0 Å². The first kappa shape index (κ1) is 10.1. The Morgan fingerprint density at radius 1 is 1.53 bits per heavy atom. The fraction of sp³-hybridized carbons (Fsp3) is 0.364. The number of likely N-dealkylation sites (tertiary alicyclic amines) is 1. The van der Waals surface area contributed by atoms with Crippen LogP contribution in [0.2, 0.25) is 0 Å². The molecule has 3 rings (SSSR count). The highest BCUT2D eigenvalue weighted by molar-refractivity contribution is 5.91. The Morgan fingerprint density at radius 2 is 2.47 bits per heavy atom. The molecule has 1 fully saturated rings. The molecule has 0 spiro atoms. The van der Waals surface area contributed by atoms with E-state index in [1.165, 1.54) is 6.26 Å². The first-order valence-electron chi connectivity index (χ1n) is 5.53. The van der Waals surface area contributed by atoms with Gasteiger partial charge in [-0.05, 0) is 18.6 Å². The van der Waals surface area contributed by atoms with Crippen LogP contribution in [0.25, 0.3) is 0 Å². The Hall–Kier alpha value is -2.11. The molecule has 1 amide bonds. The Balaban J connectivity index is 1.70. The van der Waals surface area contributed by atoms with Crippen molar-refractivity contribution in [2.75, 3.05) is 13.1 Å². The van der Waals surface area contributed by atoms with Gasteiger partial charge >= 0.3 is 0 Å². The van der Waals surface area contributed by atoms with Crippen molar-refractivity contribution in [2.45, 2.75) is 12.5 Å². The zero-order valence-electron chi connectivity index (χ0n) is 9.19. The Morgan fingerprint density at radius 3 is 3.18 bits per heavy atom. The van der Waals surface area contributed by atoms with Crippen LogP contribution in [0.3, 0.4) is 0 Å². The number of carbonyl (C=O) groups excluding carboxylic acids is 1. The third-order valence-electron chi connectivity index (χ3n) is 3.00. The summed E-state index contributed by atoms with van der Waals surface area (Å²) in [7, 11) is 0. The van der Waals surface area contributed by atoms with Crippen LogP contribution >= 0.6 is 0 Å². The van der Waals surface area contributed by atoms with Gasteiger partial charge in [0.15, 0.2) is 5.76 Å². The summed E-state index contributed by atoms with van der Waals surface area (Å²) in [6.45, 7) is 1.38. The van der Waals surface area contributed by atoms with Crippen LogP contribution in [-0.2, 0) is 0 Å². The van der Waals surface area contributed by atoms with Gasteiger partial charge in [-0.2, -0.15) is 0 Å². The van der Waals surface area contributed by atoms with E-state index in [-0.39, 0.29) is 11.9 Å². The smallest absolute Gasteiger partial charge is 0.289 e. The summed E-state index contributed by atoms with van der Waals surface area (Å²) in [6, 6.07) is 3.62. The van der Waals surface area contributed by atoms with E-state index in [1.54, 1.807) is 27.9 Å². The maximum Gasteiger partial charge on any atom is 0.289 e. The van der Waals surface area contributed by atoms with Gasteiger partial charge in [-0.15, -0.1) is 5.10 Å². The van der Waals surface area contributed by atoms with Gasteiger partial charge in [0.2, 0.25) is 0 Å². The predicted molar refractivity (Wildman–Crippen MR) is 58.3 cm³/mol. The van der Waals surface area contributed by atoms with Gasteiger partial charge in [-0.1, -0.05) is 5.21 Å². The lowest BCUT2D eigenvalue weighted by Gasteiger charge is -2.14. The molecular weight excluding hydrogens is 220 g/mol. The molecule has 3 heterocycles. The summed E-state index contributed by atoms with van der Waals surface area (Å²) in [5, 5.41) is 7.74. The number of hydrogen-bond donors (Lipinski definition) is 0. The quantitative estimate of drug-likeness (QED) is 0.773. The maximum absolute atomic E-state index is 12.0. The number of amides is 1. The van der Waals surface area contributed by atoms with E-state index in [4.69, 9.17) is 4.42 Å². The molecule has 17 heavy (non-hydrogen) atoms. The van der Waals surface area contributed by atoms with Crippen molar-refractivity contribution in [1.29, 1.82) is 0 Å². The summed E-state index contributed by atoms with van der Waals surface area (Å²) in [6.07, 6.45) is 5.89. The molecule has 2 aromatic heterocycles. The van der Waals surface area contributed by atoms with Gasteiger partial charge in [0.05, 0.1) is 18.5 Å². The molecule has 1 aliphatic heterocycles. The topological polar surface area (TPSA) is 64.2 Å². The molecule has 0 aliphatic carbocycles. The number of nitrogens with zero attached hydrogens (tertiary/aromatic N) is 4. The second-order valence-electron chi connectivity index (χ2n) is 4.05. The lowest BCUT2D eigenvalue weighted by molar-refractivity contribution is 0.0755. The minimum absolute atomic E-state index is 0.0578. The average Bonchev–Trinajstić information content (AvgIpc) is 3.09. The third kappa shape index (κ3) is 1.82. The van der Waals surface area contributed by atoms with Crippen LogP contribution in [0.15, 0.2) is 35.2 Å². The molecule has 0 unspecified atom stereocenters. The van der Waals surface area contributed by atoms with Crippen LogP contribution < -0.4 is 0 Å². The highest BCUT2D eigenvalue weighted by Gasteiger charge is 2.29. The van der Waals surface area contributed by atoms with E-state index in [0.29, 0.717) is 12.3 Å². The molecule has 0 saturated carbocycles. The minimum Gasteiger partial charge on any atom is -0.459 e. The number of rotatable bonds is 2. The van der Waals surface area contributed by atoms with Crippen molar-refractivity contribution in [3.05, 3.63) is 36.5 Å². The third-order valence-corrected chi connectivity index (χ3v) is 3.00. The second kappa shape index (κ2) is 4.04. The highest BCUT2D eigenvalue weighted by Crippen LogP contribution is 2.22. The van der Waals surface area contributed by atoms with Gasteiger partial charge in [0, 0.05) is 19.3 Å². The zero-order chi connectivity index (χ0) is 11.7. The monoisotopic (exact) mass is 232 g/mol. The summed E-state index contributed by atoms with van der Waals surface area (Å²) in [5.74, 6) is 0.335. The average molecular weight is 232 g/mol. The normalized spacial score (nSPS) is 19.8. The van der Waals surface area contributed by atoms with Crippen molar-refractivity contribution in [1.82, 2.24) is 19.9 Å². The first-order chi connectivity index (χ1) is 8.34. The fourth-order valence-corrected chi connectivity index (χ4v) is 2.11. The molecule has 0 aromatic carbocycles. The van der Waals surface area contributed by atoms with Crippen molar-refractivity contribution >= 4 is 5.91 Å². The molecule has 0 bridgehead atoms. The summed E-state index contributed by atoms with van der Waals surface area (Å²) in [5.41, 5.74) is 0. The molecule has 1 atom stereocenters. The lowest BCUT2D eigenvalue weighted by Crippen LogP contribution is -2.28. The van der Waals surface area contributed by atoms with Crippen LogP contribution in [0.1, 0.15) is 23.0 Å². The largest absolute Gasteiger partial charge is 0.459 e. The van der Waals surface area contributed by atoms with Crippen molar-refractivity contribution < 1.29 is 9.21 Å². The summed E-state index contributed by atoms with van der Waals surface area (Å²) >= 11 is 0. The number of furan rings is 1. The molecule has 2 aromatic rings. The zero-order valence-corrected chi connectivity index (χ0v) is 9.19. The van der Waals surface area contributed by atoms with Crippen molar-refractivity contribution in [3.63, 3.8) is 0 Å². The Bertz CT molecular complexity index is 492. The number of carbonyl (C=O) groups is 1. The van der Waals surface area contributed by atoms with Gasteiger partial charge in [0.25, 0.3) is 5.91 Å².